The van der Waals surface area contributed by atoms with Gasteiger partial charge in [0.1, 0.15) is 0 Å². The molecule has 1 fully saturated rings. The molecule has 1 saturated heterocycles. The van der Waals surface area contributed by atoms with E-state index in [0.717, 1.165) is 12.1 Å². The number of likely N-dealkylation sites (tertiary alicyclic amines) is 1. The van der Waals surface area contributed by atoms with Crippen molar-refractivity contribution in [2.24, 2.45) is 0 Å². The summed E-state index contributed by atoms with van der Waals surface area (Å²) in [6, 6.07) is 2.16. The monoisotopic (exact) mass is 226 g/mol. The molecule has 0 aromatic heterocycles. The predicted molar refractivity (Wildman–Crippen MR) is 71.9 cm³/mol. The lowest BCUT2D eigenvalue weighted by Crippen LogP contribution is -2.50. The number of nitrogens with zero attached hydrogens (tertiary/aromatic N) is 1. The normalized spacial score (nSPS) is 24.9. The number of nitrogens with one attached hydrogen (secondary N) is 1. The van der Waals surface area contributed by atoms with Crippen molar-refractivity contribution >= 4 is 0 Å². The Morgan fingerprint density at radius 3 is 2.62 bits per heavy atom. The van der Waals surface area contributed by atoms with Gasteiger partial charge in [-0.1, -0.05) is 34.1 Å². The summed E-state index contributed by atoms with van der Waals surface area (Å²) in [6.45, 7) is 11.7. The first-order valence-corrected chi connectivity index (χ1v) is 7.17. The van der Waals surface area contributed by atoms with Crippen molar-refractivity contribution in [3.63, 3.8) is 0 Å². The second-order valence-corrected chi connectivity index (χ2v) is 5.51. The Balaban J connectivity index is 2.41. The van der Waals surface area contributed by atoms with Crippen LogP contribution in [0, 0.1) is 0 Å². The third-order valence-corrected chi connectivity index (χ3v) is 3.63. The van der Waals surface area contributed by atoms with E-state index in [1.807, 2.05) is 0 Å². The SMILES string of the molecule is CCCC(CC)N1CCCC(NC(C)C)C1. The molecule has 0 aliphatic carbocycles. The maximum absolute atomic E-state index is 3.69. The highest BCUT2D eigenvalue weighted by Gasteiger charge is 2.24. The molecule has 96 valence electrons. The van der Waals surface area contributed by atoms with E-state index in [9.17, 15) is 0 Å². The predicted octanol–water partition coefficient (Wildman–Crippen LogP) is 3.03. The largest absolute Gasteiger partial charge is 0.311 e. The summed E-state index contributed by atoms with van der Waals surface area (Å²) < 4.78 is 0. The van der Waals surface area contributed by atoms with E-state index in [0.29, 0.717) is 6.04 Å². The van der Waals surface area contributed by atoms with Crippen molar-refractivity contribution in [1.82, 2.24) is 10.2 Å². The van der Waals surface area contributed by atoms with Crippen LogP contribution < -0.4 is 5.32 Å². The van der Waals surface area contributed by atoms with Crippen LogP contribution >= 0.6 is 0 Å². The van der Waals surface area contributed by atoms with Crippen molar-refractivity contribution in [3.05, 3.63) is 0 Å². The number of piperidine rings is 1. The Morgan fingerprint density at radius 1 is 1.31 bits per heavy atom. The maximum atomic E-state index is 3.69. The molecule has 2 unspecified atom stereocenters. The fraction of sp³-hybridized carbons (Fsp3) is 1.00. The highest BCUT2D eigenvalue weighted by atomic mass is 15.2. The molecule has 0 aromatic rings. The van der Waals surface area contributed by atoms with Gasteiger partial charge in [-0.05, 0) is 32.2 Å². The van der Waals surface area contributed by atoms with Crippen LogP contribution in [0.5, 0.6) is 0 Å². The van der Waals surface area contributed by atoms with E-state index in [-0.39, 0.29) is 0 Å². The molecular weight excluding hydrogens is 196 g/mol. The molecule has 0 amide bonds. The Hall–Kier alpha value is -0.0800. The zero-order valence-electron chi connectivity index (χ0n) is 11.6. The van der Waals surface area contributed by atoms with Gasteiger partial charge in [0, 0.05) is 24.7 Å². The van der Waals surface area contributed by atoms with Gasteiger partial charge in [-0.2, -0.15) is 0 Å². The van der Waals surface area contributed by atoms with E-state index in [1.165, 1.54) is 45.2 Å². The second kappa shape index (κ2) is 7.29. The zero-order chi connectivity index (χ0) is 12.0. The zero-order valence-corrected chi connectivity index (χ0v) is 11.6. The molecule has 0 aromatic carbocycles. The molecule has 16 heavy (non-hydrogen) atoms. The molecule has 2 atom stereocenters. The third kappa shape index (κ3) is 4.42. The molecule has 0 bridgehead atoms. The lowest BCUT2D eigenvalue weighted by Gasteiger charge is -2.39. The van der Waals surface area contributed by atoms with Gasteiger partial charge in [-0.3, -0.25) is 4.90 Å². The number of hydrogen-bond donors (Lipinski definition) is 1. The fourth-order valence-electron chi connectivity index (χ4n) is 2.92. The van der Waals surface area contributed by atoms with Gasteiger partial charge >= 0.3 is 0 Å². The Kier molecular flexibility index (Phi) is 6.37. The average molecular weight is 226 g/mol. The Bertz CT molecular complexity index is 180. The van der Waals surface area contributed by atoms with Crippen LogP contribution in [0.25, 0.3) is 0 Å². The van der Waals surface area contributed by atoms with Gasteiger partial charge in [-0.15, -0.1) is 0 Å². The first-order chi connectivity index (χ1) is 7.67. The molecule has 1 aliphatic heterocycles. The van der Waals surface area contributed by atoms with Crippen LogP contribution in [-0.2, 0) is 0 Å². The molecule has 0 radical (unpaired) electrons. The molecule has 2 nitrogen and oxygen atoms in total. The molecule has 2 heteroatoms. The van der Waals surface area contributed by atoms with E-state index >= 15 is 0 Å². The number of rotatable bonds is 6. The summed E-state index contributed by atoms with van der Waals surface area (Å²) in [7, 11) is 0. The van der Waals surface area contributed by atoms with Gasteiger partial charge in [0.15, 0.2) is 0 Å². The Morgan fingerprint density at radius 2 is 2.06 bits per heavy atom. The average Bonchev–Trinajstić information content (AvgIpc) is 2.25. The van der Waals surface area contributed by atoms with Gasteiger partial charge in [0.05, 0.1) is 0 Å². The minimum atomic E-state index is 0.621. The van der Waals surface area contributed by atoms with E-state index < -0.39 is 0 Å². The summed E-state index contributed by atoms with van der Waals surface area (Å²) in [5.74, 6) is 0. The van der Waals surface area contributed by atoms with Gasteiger partial charge in [-0.25, -0.2) is 0 Å². The highest BCUT2D eigenvalue weighted by Crippen LogP contribution is 2.18. The molecule has 1 rings (SSSR count). The summed E-state index contributed by atoms with van der Waals surface area (Å²) in [4.78, 5) is 2.72. The van der Waals surface area contributed by atoms with E-state index in [1.54, 1.807) is 0 Å². The summed E-state index contributed by atoms with van der Waals surface area (Å²) in [5.41, 5.74) is 0. The summed E-state index contributed by atoms with van der Waals surface area (Å²) in [6.07, 6.45) is 6.71. The highest BCUT2D eigenvalue weighted by molar-refractivity contribution is 4.83. The van der Waals surface area contributed by atoms with Gasteiger partial charge < -0.3 is 5.32 Å². The van der Waals surface area contributed by atoms with Crippen LogP contribution in [0.4, 0.5) is 0 Å². The number of hydrogen-bond acceptors (Lipinski definition) is 2. The van der Waals surface area contributed by atoms with Crippen LogP contribution in [0.1, 0.15) is 59.8 Å². The van der Waals surface area contributed by atoms with Crippen LogP contribution in [-0.4, -0.2) is 36.1 Å². The lowest BCUT2D eigenvalue weighted by molar-refractivity contribution is 0.123. The minimum Gasteiger partial charge on any atom is -0.311 e. The molecule has 0 saturated carbocycles. The second-order valence-electron chi connectivity index (χ2n) is 5.51. The van der Waals surface area contributed by atoms with Gasteiger partial charge in [0.2, 0.25) is 0 Å². The van der Waals surface area contributed by atoms with Crippen molar-refractivity contribution in [2.45, 2.75) is 77.9 Å². The first kappa shape index (κ1) is 14.0. The van der Waals surface area contributed by atoms with Crippen LogP contribution in [0.15, 0.2) is 0 Å². The Labute approximate surface area is 102 Å². The quantitative estimate of drug-likeness (QED) is 0.749. The fourth-order valence-corrected chi connectivity index (χ4v) is 2.92. The molecule has 0 spiro atoms. The third-order valence-electron chi connectivity index (χ3n) is 3.63. The standard InChI is InChI=1S/C14H30N2/c1-5-8-14(6-2)16-10-7-9-13(11-16)15-12(3)4/h12-15H,5-11H2,1-4H3. The van der Waals surface area contributed by atoms with E-state index in [4.69, 9.17) is 0 Å². The summed E-state index contributed by atoms with van der Waals surface area (Å²) >= 11 is 0. The lowest BCUT2D eigenvalue weighted by atomic mass is 9.99. The molecule has 1 aliphatic rings. The van der Waals surface area contributed by atoms with Crippen molar-refractivity contribution in [2.75, 3.05) is 13.1 Å². The van der Waals surface area contributed by atoms with Crippen molar-refractivity contribution in [3.8, 4) is 0 Å². The smallest absolute Gasteiger partial charge is 0.0197 e. The summed E-state index contributed by atoms with van der Waals surface area (Å²) in [5, 5.41) is 3.69. The van der Waals surface area contributed by atoms with E-state index in [2.05, 4.69) is 37.9 Å². The molecular formula is C14H30N2. The topological polar surface area (TPSA) is 15.3 Å². The van der Waals surface area contributed by atoms with Crippen molar-refractivity contribution in [1.29, 1.82) is 0 Å². The van der Waals surface area contributed by atoms with Crippen molar-refractivity contribution < 1.29 is 0 Å². The van der Waals surface area contributed by atoms with Gasteiger partial charge in [0.25, 0.3) is 0 Å². The first-order valence-electron chi connectivity index (χ1n) is 7.17. The van der Waals surface area contributed by atoms with Crippen LogP contribution in [0.2, 0.25) is 0 Å². The molecule has 1 heterocycles. The minimum absolute atomic E-state index is 0.621. The maximum Gasteiger partial charge on any atom is 0.0197 e. The van der Waals surface area contributed by atoms with Crippen LogP contribution in [0.3, 0.4) is 0 Å². The molecule has 1 N–H and O–H groups in total.